The molecular weight excluding hydrogens is 387 g/mol. The van der Waals surface area contributed by atoms with Crippen molar-refractivity contribution in [3.05, 3.63) is 33.0 Å². The Morgan fingerprint density at radius 3 is 3.00 bits per heavy atom. The van der Waals surface area contributed by atoms with E-state index in [1.165, 1.54) is 7.11 Å². The van der Waals surface area contributed by atoms with E-state index in [9.17, 15) is 9.90 Å². The van der Waals surface area contributed by atoms with Gasteiger partial charge in [-0.05, 0) is 30.4 Å². The molecule has 1 aromatic heterocycles. The number of likely N-dealkylation sites (tertiary alicyclic amines) is 1. The largest absolute Gasteiger partial charge is 0.465 e. The Bertz CT molecular complexity index is 854. The highest BCUT2D eigenvalue weighted by Gasteiger charge is 2.41. The predicted molar refractivity (Wildman–Crippen MR) is 95.1 cm³/mol. The summed E-state index contributed by atoms with van der Waals surface area (Å²) in [6, 6.07) is 4.66. The van der Waals surface area contributed by atoms with E-state index in [0.717, 1.165) is 4.90 Å². The van der Waals surface area contributed by atoms with Crippen LogP contribution < -0.4 is 4.90 Å². The number of nitrogens with zero attached hydrogens (tertiary/aromatic N) is 2. The molecule has 10 heteroatoms. The maximum Gasteiger partial charge on any atom is 0.364 e. The first kappa shape index (κ1) is 18.3. The molecule has 1 aliphatic rings. The van der Waals surface area contributed by atoms with Crippen LogP contribution in [0.25, 0.3) is 11.4 Å². The van der Waals surface area contributed by atoms with Crippen LogP contribution in [0.4, 0.5) is 0 Å². The third-order valence-electron chi connectivity index (χ3n) is 4.21. The van der Waals surface area contributed by atoms with Gasteiger partial charge in [0.15, 0.2) is 18.5 Å². The number of methoxy groups -OCH3 is 1. The molecule has 0 radical (unpaired) electrons. The molecule has 1 aliphatic heterocycles. The van der Waals surface area contributed by atoms with Gasteiger partial charge in [0.05, 0.1) is 12.1 Å². The number of aromatic nitrogens is 3. The van der Waals surface area contributed by atoms with Crippen LogP contribution in [-0.2, 0) is 16.2 Å². The molecule has 7 nitrogen and oxygen atoms in total. The highest BCUT2D eigenvalue weighted by molar-refractivity contribution is 7.71. The first-order valence-corrected chi connectivity index (χ1v) is 8.78. The minimum absolute atomic E-state index is 0.332. The van der Waals surface area contributed by atoms with Gasteiger partial charge < -0.3 is 14.7 Å². The summed E-state index contributed by atoms with van der Waals surface area (Å²) in [5, 5.41) is 14.0. The second-order valence-corrected chi connectivity index (χ2v) is 7.10. The van der Waals surface area contributed by atoms with Gasteiger partial charge in [0.25, 0.3) is 0 Å². The third-order valence-corrected chi connectivity index (χ3v) is 5.07. The molecule has 3 N–H and O–H groups in total. The number of hydrogen-bond donors (Lipinski definition) is 3. The van der Waals surface area contributed by atoms with E-state index >= 15 is 0 Å². The highest BCUT2D eigenvalue weighted by Crippen LogP contribution is 2.27. The van der Waals surface area contributed by atoms with Crippen molar-refractivity contribution in [2.24, 2.45) is 0 Å². The average molecular weight is 404 g/mol. The molecule has 1 unspecified atom stereocenters. The van der Waals surface area contributed by atoms with Crippen molar-refractivity contribution in [3.8, 4) is 11.4 Å². The standard InChI is InChI=1S/C15H16Cl2N4O3S/c1-24-14(23)12-5-9(22)6-20(12)7-21-15(25)18-13(19-21)10-3-2-8(16)4-11(10)17/h2-4,9,12,22H,5-7H2,1H3,(H,18,19,25)/p+1/t9-,12-/m0/s1. The zero-order valence-electron chi connectivity index (χ0n) is 13.3. The number of hydrogen-bond acceptors (Lipinski definition) is 5. The first-order chi connectivity index (χ1) is 11.9. The Hall–Kier alpha value is -1.45. The van der Waals surface area contributed by atoms with Gasteiger partial charge in [0.1, 0.15) is 12.6 Å². The molecule has 2 heterocycles. The van der Waals surface area contributed by atoms with Crippen molar-refractivity contribution in [2.75, 3.05) is 13.7 Å². The van der Waals surface area contributed by atoms with Crippen LogP contribution >= 0.6 is 35.4 Å². The smallest absolute Gasteiger partial charge is 0.364 e. The SMILES string of the molecule is COC(=O)[C@@H]1C[C@H](O)C[NH+]1Cn1[nH]c(-c2ccc(Cl)cc2Cl)nc1=S. The second-order valence-electron chi connectivity index (χ2n) is 5.89. The number of rotatable bonds is 4. The monoisotopic (exact) mass is 403 g/mol. The second kappa shape index (κ2) is 7.43. The van der Waals surface area contributed by atoms with Crippen LogP contribution in [0.1, 0.15) is 6.42 Å². The lowest BCUT2D eigenvalue weighted by Gasteiger charge is -2.19. The van der Waals surface area contributed by atoms with E-state index < -0.39 is 12.1 Å². The molecule has 0 bridgehead atoms. The number of ether oxygens (including phenoxy) is 1. The molecule has 3 rings (SSSR count). The lowest BCUT2D eigenvalue weighted by molar-refractivity contribution is -0.928. The zero-order valence-corrected chi connectivity index (χ0v) is 15.7. The number of quaternary nitrogens is 1. The summed E-state index contributed by atoms with van der Waals surface area (Å²) in [6.07, 6.45) is -0.194. The molecule has 3 atom stereocenters. The van der Waals surface area contributed by atoms with Crippen LogP contribution in [0.3, 0.4) is 0 Å². The Labute approximate surface area is 159 Å². The van der Waals surface area contributed by atoms with Crippen molar-refractivity contribution in [2.45, 2.75) is 25.2 Å². The minimum atomic E-state index is -0.554. The zero-order chi connectivity index (χ0) is 18.1. The van der Waals surface area contributed by atoms with Gasteiger partial charge >= 0.3 is 5.97 Å². The lowest BCUT2D eigenvalue weighted by Crippen LogP contribution is -3.14. The minimum Gasteiger partial charge on any atom is -0.465 e. The lowest BCUT2D eigenvalue weighted by atomic mass is 10.2. The number of H-pyrrole nitrogens is 1. The molecule has 134 valence electrons. The maximum atomic E-state index is 11.9. The molecule has 0 saturated carbocycles. The summed E-state index contributed by atoms with van der Waals surface area (Å²) < 4.78 is 6.80. The van der Waals surface area contributed by atoms with E-state index in [4.69, 9.17) is 40.2 Å². The number of aliphatic hydroxyl groups is 1. The van der Waals surface area contributed by atoms with Crippen LogP contribution in [-0.4, -0.2) is 51.6 Å². The Morgan fingerprint density at radius 2 is 2.32 bits per heavy atom. The normalized spacial score (nSPS) is 23.0. The highest BCUT2D eigenvalue weighted by atomic mass is 35.5. The van der Waals surface area contributed by atoms with E-state index in [1.807, 2.05) is 0 Å². The summed E-state index contributed by atoms with van der Waals surface area (Å²) in [4.78, 5) is 17.1. The Morgan fingerprint density at radius 1 is 1.56 bits per heavy atom. The molecule has 1 fully saturated rings. The van der Waals surface area contributed by atoms with Crippen LogP contribution in [0.2, 0.25) is 10.0 Å². The Kier molecular flexibility index (Phi) is 5.45. The van der Waals surface area contributed by atoms with E-state index in [2.05, 4.69) is 10.1 Å². The molecular formula is C15H17Cl2N4O3S+. The van der Waals surface area contributed by atoms with Crippen LogP contribution in [0.15, 0.2) is 18.2 Å². The number of carbonyl (C=O) groups is 1. The third kappa shape index (κ3) is 3.88. The number of halogens is 2. The fraction of sp³-hybridized carbons (Fsp3) is 0.400. The molecule has 0 spiro atoms. The van der Waals surface area contributed by atoms with Gasteiger partial charge in [0, 0.05) is 17.0 Å². The molecule has 2 aromatic rings. The molecule has 0 amide bonds. The van der Waals surface area contributed by atoms with Gasteiger partial charge in [-0.3, -0.25) is 5.10 Å². The summed E-state index contributed by atoms with van der Waals surface area (Å²) in [6.45, 7) is 0.783. The summed E-state index contributed by atoms with van der Waals surface area (Å²) in [5.74, 6) is 0.166. The van der Waals surface area contributed by atoms with E-state index in [-0.39, 0.29) is 5.97 Å². The predicted octanol–water partition coefficient (Wildman–Crippen LogP) is 1.06. The van der Waals surface area contributed by atoms with E-state index in [1.54, 1.807) is 22.9 Å². The maximum absolute atomic E-state index is 11.9. The topological polar surface area (TPSA) is 84.6 Å². The molecule has 1 saturated heterocycles. The van der Waals surface area contributed by atoms with Gasteiger partial charge in [-0.15, -0.1) is 0 Å². The number of nitrogens with one attached hydrogen (secondary N) is 2. The summed E-state index contributed by atoms with van der Waals surface area (Å²) in [5.41, 5.74) is 0.678. The van der Waals surface area contributed by atoms with Gasteiger partial charge in [-0.2, -0.15) is 4.98 Å². The number of aromatic amines is 1. The quantitative estimate of drug-likeness (QED) is 0.525. The number of esters is 1. The Balaban J connectivity index is 1.85. The van der Waals surface area contributed by atoms with Crippen molar-refractivity contribution >= 4 is 41.4 Å². The van der Waals surface area contributed by atoms with Crippen molar-refractivity contribution in [1.29, 1.82) is 0 Å². The number of aliphatic hydroxyl groups excluding tert-OH is 1. The van der Waals surface area contributed by atoms with Crippen molar-refractivity contribution in [3.63, 3.8) is 0 Å². The first-order valence-electron chi connectivity index (χ1n) is 7.61. The van der Waals surface area contributed by atoms with Crippen molar-refractivity contribution in [1.82, 2.24) is 14.8 Å². The van der Waals surface area contributed by atoms with Crippen LogP contribution in [0.5, 0.6) is 0 Å². The number of carbonyl (C=O) groups excluding carboxylic acids is 1. The number of benzene rings is 1. The fourth-order valence-corrected chi connectivity index (χ4v) is 3.72. The molecule has 1 aromatic carbocycles. The summed E-state index contributed by atoms with van der Waals surface area (Å²) in [7, 11) is 1.34. The molecule has 25 heavy (non-hydrogen) atoms. The van der Waals surface area contributed by atoms with Gasteiger partial charge in [0.2, 0.25) is 4.77 Å². The fourth-order valence-electron chi connectivity index (χ4n) is 3.02. The van der Waals surface area contributed by atoms with Gasteiger partial charge in [-0.1, -0.05) is 23.2 Å². The van der Waals surface area contributed by atoms with Gasteiger partial charge in [-0.25, -0.2) is 9.48 Å². The van der Waals surface area contributed by atoms with E-state index in [0.29, 0.717) is 45.8 Å². The van der Waals surface area contributed by atoms with Crippen LogP contribution in [0, 0.1) is 4.77 Å². The molecule has 0 aliphatic carbocycles. The summed E-state index contributed by atoms with van der Waals surface area (Å²) >= 11 is 17.4. The average Bonchev–Trinajstić information content (AvgIpc) is 3.10. The van der Waals surface area contributed by atoms with Crippen molar-refractivity contribution < 1.29 is 19.5 Å².